The van der Waals surface area contributed by atoms with E-state index in [0.717, 1.165) is 5.39 Å². The first-order chi connectivity index (χ1) is 13.3. The van der Waals surface area contributed by atoms with Crippen LogP contribution in [-0.2, 0) is 4.79 Å². The molecule has 2 aromatic rings. The van der Waals surface area contributed by atoms with Crippen LogP contribution in [0.25, 0.3) is 11.0 Å². The van der Waals surface area contributed by atoms with Crippen molar-refractivity contribution in [2.75, 3.05) is 20.6 Å². The summed E-state index contributed by atoms with van der Waals surface area (Å²) in [6.07, 6.45) is -1.00. The lowest BCUT2D eigenvalue weighted by molar-refractivity contribution is -0.123. The Morgan fingerprint density at radius 3 is 2.79 bits per heavy atom. The van der Waals surface area contributed by atoms with Crippen LogP contribution in [0.4, 0.5) is 9.59 Å². The van der Waals surface area contributed by atoms with Crippen molar-refractivity contribution in [2.45, 2.75) is 25.3 Å². The molecule has 0 bridgehead atoms. The molecule has 10 heteroatoms. The highest BCUT2D eigenvalue weighted by atomic mass is 35.5. The van der Waals surface area contributed by atoms with Gasteiger partial charge in [0.15, 0.2) is 0 Å². The van der Waals surface area contributed by atoms with Gasteiger partial charge in [-0.25, -0.2) is 9.59 Å². The first kappa shape index (κ1) is 18.4. The zero-order valence-corrected chi connectivity index (χ0v) is 16.4. The Bertz CT molecular complexity index is 976. The molecular weight excluding hydrogens is 386 g/mol. The molecule has 1 aromatic heterocycles. The van der Waals surface area contributed by atoms with Crippen molar-refractivity contribution in [1.82, 2.24) is 25.3 Å². The molecule has 3 heterocycles. The number of nitrogens with one attached hydrogen (secondary N) is 2. The van der Waals surface area contributed by atoms with Crippen LogP contribution in [-0.4, -0.2) is 65.6 Å². The largest absolute Gasteiger partial charge is 0.459 e. The first-order valence-corrected chi connectivity index (χ1v) is 9.19. The summed E-state index contributed by atoms with van der Waals surface area (Å²) in [5, 5.41) is 7.01. The number of amides is 5. The van der Waals surface area contributed by atoms with Crippen LogP contribution in [0.5, 0.6) is 0 Å². The van der Waals surface area contributed by atoms with Crippen LogP contribution < -0.4 is 10.6 Å². The first-order valence-electron chi connectivity index (χ1n) is 8.81. The van der Waals surface area contributed by atoms with Gasteiger partial charge < -0.3 is 24.9 Å². The van der Waals surface area contributed by atoms with E-state index in [-0.39, 0.29) is 24.5 Å². The third-order valence-corrected chi connectivity index (χ3v) is 5.40. The van der Waals surface area contributed by atoms with Crippen LogP contribution in [0, 0.1) is 0 Å². The number of rotatable bonds is 4. The molecule has 2 fully saturated rings. The van der Waals surface area contributed by atoms with Gasteiger partial charge in [0.1, 0.15) is 30.2 Å². The van der Waals surface area contributed by atoms with E-state index in [0.29, 0.717) is 16.4 Å². The molecule has 9 nitrogen and oxygen atoms in total. The number of fused-ring (bicyclic) bond motifs is 2. The van der Waals surface area contributed by atoms with Gasteiger partial charge in [-0.1, -0.05) is 11.6 Å². The lowest BCUT2D eigenvalue weighted by Crippen LogP contribution is -2.48. The van der Waals surface area contributed by atoms with Crippen molar-refractivity contribution >= 4 is 40.5 Å². The predicted molar refractivity (Wildman–Crippen MR) is 102 cm³/mol. The molecule has 148 valence electrons. The van der Waals surface area contributed by atoms with Crippen molar-refractivity contribution in [2.24, 2.45) is 0 Å². The minimum absolute atomic E-state index is 0.172. The molecule has 2 aliphatic rings. The fourth-order valence-electron chi connectivity index (χ4n) is 3.70. The standard InChI is InChI=1S/C18H20ClN5O4/c1-9(13-7-10-6-11(19)4-5-12(10)28-13)20-14(25)8-24-16-15(21-17(24)26)22(2)18(27)23(16)3/h4-7,9,15-16H,8H2,1-3H3,(H,20,25)(H,21,26)/t9-,15+,16-/m0/s1. The van der Waals surface area contributed by atoms with E-state index in [1.54, 1.807) is 39.2 Å². The van der Waals surface area contributed by atoms with E-state index in [1.165, 1.54) is 14.7 Å². The second-order valence-corrected chi connectivity index (χ2v) is 7.50. The van der Waals surface area contributed by atoms with E-state index in [1.807, 2.05) is 6.07 Å². The lowest BCUT2D eigenvalue weighted by atomic mass is 10.2. The monoisotopic (exact) mass is 405 g/mol. The van der Waals surface area contributed by atoms with E-state index in [2.05, 4.69) is 10.6 Å². The highest BCUT2D eigenvalue weighted by Crippen LogP contribution is 2.28. The number of nitrogens with zero attached hydrogens (tertiary/aromatic N) is 3. The molecule has 28 heavy (non-hydrogen) atoms. The van der Waals surface area contributed by atoms with Crippen LogP contribution >= 0.6 is 11.6 Å². The second-order valence-electron chi connectivity index (χ2n) is 7.06. The second kappa shape index (κ2) is 6.59. The maximum Gasteiger partial charge on any atom is 0.323 e. The minimum Gasteiger partial charge on any atom is -0.459 e. The maximum atomic E-state index is 12.5. The molecule has 0 radical (unpaired) electrons. The minimum atomic E-state index is -0.528. The summed E-state index contributed by atoms with van der Waals surface area (Å²) in [6, 6.07) is 6.12. The summed E-state index contributed by atoms with van der Waals surface area (Å²) in [5.74, 6) is 0.236. The van der Waals surface area contributed by atoms with Crippen LogP contribution in [0.3, 0.4) is 0 Å². The number of urea groups is 2. The van der Waals surface area contributed by atoms with E-state index in [9.17, 15) is 14.4 Å². The van der Waals surface area contributed by atoms with Crippen molar-refractivity contribution in [1.29, 1.82) is 0 Å². The van der Waals surface area contributed by atoms with Crippen molar-refractivity contribution in [3.8, 4) is 0 Å². The van der Waals surface area contributed by atoms with Gasteiger partial charge in [0.2, 0.25) is 5.91 Å². The molecule has 0 unspecified atom stereocenters. The van der Waals surface area contributed by atoms with Crippen LogP contribution in [0.2, 0.25) is 5.02 Å². The highest BCUT2D eigenvalue weighted by Gasteiger charge is 2.52. The summed E-state index contributed by atoms with van der Waals surface area (Å²) in [6.45, 7) is 1.62. The van der Waals surface area contributed by atoms with E-state index >= 15 is 0 Å². The van der Waals surface area contributed by atoms with Gasteiger partial charge in [-0.2, -0.15) is 0 Å². The number of furan rings is 1. The van der Waals surface area contributed by atoms with Crippen molar-refractivity contribution in [3.05, 3.63) is 35.0 Å². The zero-order chi connectivity index (χ0) is 20.2. The maximum absolute atomic E-state index is 12.5. The molecule has 1 aromatic carbocycles. The fraction of sp³-hybridized carbons (Fsp3) is 0.389. The molecule has 2 aliphatic heterocycles. The van der Waals surface area contributed by atoms with Crippen molar-refractivity contribution < 1.29 is 18.8 Å². The van der Waals surface area contributed by atoms with Gasteiger partial charge in [-0.15, -0.1) is 0 Å². The van der Waals surface area contributed by atoms with E-state index < -0.39 is 18.4 Å². The molecule has 4 rings (SSSR count). The van der Waals surface area contributed by atoms with Gasteiger partial charge in [-0.3, -0.25) is 9.69 Å². The molecule has 0 aliphatic carbocycles. The molecule has 2 saturated heterocycles. The zero-order valence-electron chi connectivity index (χ0n) is 15.6. The molecular formula is C18H20ClN5O4. The topological polar surface area (TPSA) is 98.1 Å². The molecule has 5 amide bonds. The van der Waals surface area contributed by atoms with E-state index in [4.69, 9.17) is 16.0 Å². The number of benzene rings is 1. The van der Waals surface area contributed by atoms with Crippen molar-refractivity contribution in [3.63, 3.8) is 0 Å². The van der Waals surface area contributed by atoms with Crippen LogP contribution in [0.1, 0.15) is 18.7 Å². The summed E-state index contributed by atoms with van der Waals surface area (Å²) in [5.41, 5.74) is 0.677. The number of halogens is 1. The number of carbonyl (C=O) groups is 3. The van der Waals surface area contributed by atoms with Gasteiger partial charge in [0.25, 0.3) is 0 Å². The Balaban J connectivity index is 1.44. The smallest absolute Gasteiger partial charge is 0.323 e. The summed E-state index contributed by atoms with van der Waals surface area (Å²) >= 11 is 5.99. The lowest BCUT2D eigenvalue weighted by Gasteiger charge is -2.26. The Morgan fingerprint density at radius 1 is 1.29 bits per heavy atom. The number of hydrogen-bond acceptors (Lipinski definition) is 4. The third kappa shape index (κ3) is 2.91. The average Bonchev–Trinajstić information content (AvgIpc) is 3.26. The summed E-state index contributed by atoms with van der Waals surface area (Å²) in [7, 11) is 3.22. The normalized spacial score (nSPS) is 22.6. The molecule has 0 spiro atoms. The summed E-state index contributed by atoms with van der Waals surface area (Å²) < 4.78 is 5.77. The number of likely N-dealkylation sites (N-methyl/N-ethyl adjacent to an activating group) is 2. The summed E-state index contributed by atoms with van der Waals surface area (Å²) in [4.78, 5) is 41.1. The van der Waals surface area contributed by atoms with Gasteiger partial charge in [-0.05, 0) is 31.2 Å². The molecule has 0 saturated carbocycles. The average molecular weight is 406 g/mol. The molecule has 2 N–H and O–H groups in total. The third-order valence-electron chi connectivity index (χ3n) is 5.17. The number of carbonyl (C=O) groups excluding carboxylic acids is 3. The Kier molecular flexibility index (Phi) is 4.34. The predicted octanol–water partition coefficient (Wildman–Crippen LogP) is 1.94. The Labute approximate surface area is 166 Å². The Morgan fingerprint density at radius 2 is 2.04 bits per heavy atom. The van der Waals surface area contributed by atoms with Gasteiger partial charge in [0, 0.05) is 24.5 Å². The quantitative estimate of drug-likeness (QED) is 0.812. The number of hydrogen-bond donors (Lipinski definition) is 2. The molecule has 3 atom stereocenters. The van der Waals surface area contributed by atoms with Gasteiger partial charge >= 0.3 is 12.1 Å². The SMILES string of the molecule is C[C@H](NC(=O)CN1C(=O)N[C@H]2[C@H]1N(C)C(=O)N2C)c1cc2cc(Cl)ccc2o1. The Hall–Kier alpha value is -2.94. The van der Waals surface area contributed by atoms with Gasteiger partial charge in [0.05, 0.1) is 6.04 Å². The van der Waals surface area contributed by atoms with Crippen LogP contribution in [0.15, 0.2) is 28.7 Å². The highest BCUT2D eigenvalue weighted by molar-refractivity contribution is 6.31. The fourth-order valence-corrected chi connectivity index (χ4v) is 3.88.